The molecule has 0 aliphatic heterocycles. The van der Waals surface area contributed by atoms with E-state index >= 15 is 0 Å². The normalized spacial score (nSPS) is 40.3. The van der Waals surface area contributed by atoms with Gasteiger partial charge in [-0.25, -0.2) is 0 Å². The topological polar surface area (TPSA) is 87.7 Å². The predicted molar refractivity (Wildman–Crippen MR) is 129 cm³/mol. The number of carbonyl (C=O) groups excluding carboxylic acids is 1. The van der Waals surface area contributed by atoms with Gasteiger partial charge in [0.2, 0.25) is 0 Å². The highest BCUT2D eigenvalue weighted by Gasteiger charge is 2.61. The van der Waals surface area contributed by atoms with Gasteiger partial charge in [-0.3, -0.25) is 9.59 Å². The standard InChI is InChI=1S/C29H40O5/c1-16(2)18-10-12-34-26(18)14-20(27(32)33)22-8-7-21-19-6-5-17-13-24(30)25(31)15-29(17,4)23(19)9-11-28(21,22)3/h10,12,15-17,19-23,31H,5-9,11,13-14H2,1-4H3,(H,32,33)/t17-,19+,20-,21+,22-,23?,28+,29+/m1/s1. The number of hydrogen-bond acceptors (Lipinski definition) is 4. The first kappa shape index (κ1) is 23.7. The van der Waals surface area contributed by atoms with Gasteiger partial charge in [-0.1, -0.05) is 27.7 Å². The van der Waals surface area contributed by atoms with Crippen LogP contribution in [0.4, 0.5) is 0 Å². The van der Waals surface area contributed by atoms with Gasteiger partial charge in [0.15, 0.2) is 11.5 Å². The first-order valence-corrected chi connectivity index (χ1v) is 13.3. The van der Waals surface area contributed by atoms with Gasteiger partial charge < -0.3 is 14.6 Å². The Bertz CT molecular complexity index is 1000. The highest BCUT2D eigenvalue weighted by Crippen LogP contribution is 2.67. The van der Waals surface area contributed by atoms with E-state index in [1.54, 1.807) is 6.26 Å². The summed E-state index contributed by atoms with van der Waals surface area (Å²) in [5.74, 6) is 1.83. The first-order valence-electron chi connectivity index (χ1n) is 13.3. The second-order valence-corrected chi connectivity index (χ2v) is 12.5. The van der Waals surface area contributed by atoms with Crippen LogP contribution in [0.15, 0.2) is 28.6 Å². The molecule has 3 saturated carbocycles. The molecule has 186 valence electrons. The van der Waals surface area contributed by atoms with Crippen molar-refractivity contribution in [2.45, 2.75) is 85.0 Å². The fourth-order valence-electron chi connectivity index (χ4n) is 9.05. The van der Waals surface area contributed by atoms with E-state index in [-0.39, 0.29) is 28.3 Å². The number of Topliss-reactive ketones (excluding diaryl/α,β-unsaturated/α-hetero) is 1. The molecule has 0 aromatic carbocycles. The van der Waals surface area contributed by atoms with Crippen LogP contribution in [0.3, 0.4) is 0 Å². The zero-order chi connectivity index (χ0) is 24.4. The smallest absolute Gasteiger partial charge is 0.307 e. The lowest BCUT2D eigenvalue weighted by atomic mass is 9.45. The number of carboxylic acids is 1. The molecule has 34 heavy (non-hydrogen) atoms. The highest BCUT2D eigenvalue weighted by molar-refractivity contribution is 5.94. The van der Waals surface area contributed by atoms with E-state index in [4.69, 9.17) is 4.42 Å². The van der Waals surface area contributed by atoms with Crippen molar-refractivity contribution >= 4 is 11.8 Å². The molecule has 0 saturated heterocycles. The monoisotopic (exact) mass is 468 g/mol. The zero-order valence-corrected chi connectivity index (χ0v) is 21.0. The maximum absolute atomic E-state index is 12.6. The van der Waals surface area contributed by atoms with E-state index in [2.05, 4.69) is 27.7 Å². The third kappa shape index (κ3) is 3.48. The van der Waals surface area contributed by atoms with Crippen LogP contribution in [0, 0.1) is 46.3 Å². The minimum absolute atomic E-state index is 0.00819. The molecule has 1 unspecified atom stereocenters. The van der Waals surface area contributed by atoms with E-state index in [0.29, 0.717) is 42.4 Å². The summed E-state index contributed by atoms with van der Waals surface area (Å²) in [7, 11) is 0. The molecule has 8 atom stereocenters. The van der Waals surface area contributed by atoms with Crippen LogP contribution in [0.2, 0.25) is 0 Å². The second kappa shape index (κ2) is 8.27. The molecule has 3 fully saturated rings. The number of furan rings is 1. The van der Waals surface area contributed by atoms with Gasteiger partial charge in [0, 0.05) is 12.8 Å². The van der Waals surface area contributed by atoms with Crippen molar-refractivity contribution in [1.29, 1.82) is 0 Å². The van der Waals surface area contributed by atoms with Gasteiger partial charge >= 0.3 is 5.97 Å². The molecular formula is C29H40O5. The molecule has 4 aliphatic carbocycles. The van der Waals surface area contributed by atoms with Crippen LogP contribution in [-0.2, 0) is 16.0 Å². The first-order chi connectivity index (χ1) is 16.1. The molecule has 5 nitrogen and oxygen atoms in total. The Hall–Kier alpha value is -2.04. The van der Waals surface area contributed by atoms with Crippen molar-refractivity contribution < 1.29 is 24.2 Å². The summed E-state index contributed by atoms with van der Waals surface area (Å²) in [5.41, 5.74) is 1.00. The molecule has 1 heterocycles. The number of rotatable bonds is 5. The van der Waals surface area contributed by atoms with E-state index < -0.39 is 11.9 Å². The van der Waals surface area contributed by atoms with Crippen molar-refractivity contribution in [3.63, 3.8) is 0 Å². The summed E-state index contributed by atoms with van der Waals surface area (Å²) in [6, 6.07) is 1.99. The summed E-state index contributed by atoms with van der Waals surface area (Å²) in [6.07, 6.45) is 10.8. The van der Waals surface area contributed by atoms with Crippen molar-refractivity contribution in [2.75, 3.05) is 0 Å². The maximum Gasteiger partial charge on any atom is 0.307 e. The zero-order valence-electron chi connectivity index (χ0n) is 21.0. The Morgan fingerprint density at radius 3 is 2.62 bits per heavy atom. The lowest BCUT2D eigenvalue weighted by Crippen LogP contribution is -2.53. The van der Waals surface area contributed by atoms with Gasteiger partial charge in [0.05, 0.1) is 12.2 Å². The third-order valence-corrected chi connectivity index (χ3v) is 10.8. The van der Waals surface area contributed by atoms with Crippen LogP contribution in [0.1, 0.15) is 89.9 Å². The van der Waals surface area contributed by atoms with Gasteiger partial charge in [-0.05, 0) is 103 Å². The lowest BCUT2D eigenvalue weighted by molar-refractivity contribution is -0.148. The fraction of sp³-hybridized carbons (Fsp3) is 0.724. The largest absolute Gasteiger partial charge is 0.505 e. The molecule has 2 N–H and O–H groups in total. The molecule has 5 rings (SSSR count). The summed E-state index contributed by atoms with van der Waals surface area (Å²) in [4.78, 5) is 24.8. The lowest BCUT2D eigenvalue weighted by Gasteiger charge is -2.59. The number of aliphatic carboxylic acids is 1. The van der Waals surface area contributed by atoms with Crippen LogP contribution >= 0.6 is 0 Å². The SMILES string of the molecule is CC(C)c1ccoc1C[C@@H](C(=O)O)[C@H]1CC[C@H]2[C@@H]3CC[C@@H]4CC(=O)C(O)=C[C@]4(C)C3CC[C@]12C. The van der Waals surface area contributed by atoms with E-state index in [1.807, 2.05) is 12.1 Å². The van der Waals surface area contributed by atoms with Crippen LogP contribution < -0.4 is 0 Å². The number of carboxylic acid groups (broad SMARTS) is 1. The van der Waals surface area contributed by atoms with Crippen LogP contribution in [0.25, 0.3) is 0 Å². The molecule has 0 amide bonds. The average Bonchev–Trinajstić information content (AvgIpc) is 3.37. The Morgan fingerprint density at radius 1 is 1.15 bits per heavy atom. The van der Waals surface area contributed by atoms with Gasteiger partial charge in [0.25, 0.3) is 0 Å². The summed E-state index contributed by atoms with van der Waals surface area (Å²) < 4.78 is 5.79. The number of aliphatic hydroxyl groups is 1. The fourth-order valence-corrected chi connectivity index (χ4v) is 9.05. The Balaban J connectivity index is 1.42. The molecule has 0 spiro atoms. The van der Waals surface area contributed by atoms with Gasteiger partial charge in [0.1, 0.15) is 5.76 Å². The van der Waals surface area contributed by atoms with Gasteiger partial charge in [-0.15, -0.1) is 0 Å². The predicted octanol–water partition coefficient (Wildman–Crippen LogP) is 6.54. The number of aliphatic hydroxyl groups excluding tert-OH is 1. The minimum atomic E-state index is -0.700. The van der Waals surface area contributed by atoms with Crippen LogP contribution in [0.5, 0.6) is 0 Å². The number of hydrogen-bond donors (Lipinski definition) is 2. The Labute approximate surface area is 203 Å². The quantitative estimate of drug-likeness (QED) is 0.512. The molecule has 1 aromatic rings. The van der Waals surface area contributed by atoms with Gasteiger partial charge in [-0.2, -0.15) is 0 Å². The molecule has 4 aliphatic rings. The number of allylic oxidation sites excluding steroid dienone is 2. The number of carbonyl (C=O) groups is 2. The van der Waals surface area contributed by atoms with Crippen molar-refractivity contribution in [2.24, 2.45) is 46.3 Å². The summed E-state index contributed by atoms with van der Waals surface area (Å²) in [5, 5.41) is 20.6. The number of fused-ring (bicyclic) bond motifs is 5. The molecule has 0 bridgehead atoms. The second-order valence-electron chi connectivity index (χ2n) is 12.5. The Morgan fingerprint density at radius 2 is 1.91 bits per heavy atom. The molecule has 5 heteroatoms. The van der Waals surface area contributed by atoms with Crippen molar-refractivity contribution in [1.82, 2.24) is 0 Å². The van der Waals surface area contributed by atoms with Crippen molar-refractivity contribution in [3.8, 4) is 0 Å². The van der Waals surface area contributed by atoms with E-state index in [1.165, 1.54) is 0 Å². The number of ketones is 1. The average molecular weight is 469 g/mol. The highest BCUT2D eigenvalue weighted by atomic mass is 16.4. The molecule has 1 aromatic heterocycles. The summed E-state index contributed by atoms with van der Waals surface area (Å²) >= 11 is 0. The Kier molecular flexibility index (Phi) is 5.76. The molecule has 0 radical (unpaired) electrons. The van der Waals surface area contributed by atoms with E-state index in [0.717, 1.165) is 49.8 Å². The maximum atomic E-state index is 12.6. The minimum Gasteiger partial charge on any atom is -0.505 e. The third-order valence-electron chi connectivity index (χ3n) is 10.8. The van der Waals surface area contributed by atoms with E-state index in [9.17, 15) is 19.8 Å². The van der Waals surface area contributed by atoms with Crippen molar-refractivity contribution in [3.05, 3.63) is 35.5 Å². The molecular weight excluding hydrogens is 428 g/mol. The summed E-state index contributed by atoms with van der Waals surface area (Å²) in [6.45, 7) is 8.87. The van der Waals surface area contributed by atoms with Crippen LogP contribution in [-0.4, -0.2) is 22.0 Å².